The summed E-state index contributed by atoms with van der Waals surface area (Å²) in [6, 6.07) is 16.2. The zero-order chi connectivity index (χ0) is 23.2. The van der Waals surface area contributed by atoms with Crippen molar-refractivity contribution in [3.05, 3.63) is 112 Å². The Morgan fingerprint density at radius 2 is 1.79 bits per heavy atom. The van der Waals surface area contributed by atoms with Crippen LogP contribution in [0.1, 0.15) is 34.0 Å². The van der Waals surface area contributed by atoms with E-state index in [-0.39, 0.29) is 22.8 Å². The van der Waals surface area contributed by atoms with E-state index < -0.39 is 4.92 Å². The number of pyridine rings is 1. The van der Waals surface area contributed by atoms with E-state index >= 15 is 0 Å². The zero-order valence-corrected chi connectivity index (χ0v) is 18.0. The fraction of sp³-hybridized carbons (Fsp3) is 0.167. The monoisotopic (exact) mass is 442 g/mol. The first-order chi connectivity index (χ1) is 16.0. The average Bonchev–Trinajstić information content (AvgIpc) is 3.39. The standard InChI is InChI=1S/C24H22N6O3/c1-2-18-5-7-19(8-6-18)14-28(15-20-4-3-11-25-13-20)24(31)21-9-10-22(23(12-21)30(32)33)29-17-26-16-27-29/h3-13,16-17H,2,14-15H2,1H3. The normalized spacial score (nSPS) is 10.7. The third-order valence-corrected chi connectivity index (χ3v) is 5.27. The van der Waals surface area contributed by atoms with Crippen molar-refractivity contribution in [2.75, 3.05) is 0 Å². The summed E-state index contributed by atoms with van der Waals surface area (Å²) in [6.07, 6.45) is 6.98. The third-order valence-electron chi connectivity index (χ3n) is 5.27. The second-order valence-electron chi connectivity index (χ2n) is 7.49. The number of aryl methyl sites for hydroxylation is 1. The molecule has 9 heteroatoms. The van der Waals surface area contributed by atoms with Gasteiger partial charge in [-0.25, -0.2) is 9.67 Å². The van der Waals surface area contributed by atoms with Crippen LogP contribution in [0.4, 0.5) is 5.69 Å². The van der Waals surface area contributed by atoms with E-state index in [1.807, 2.05) is 36.4 Å². The SMILES string of the molecule is CCc1ccc(CN(Cc2cccnc2)C(=O)c2ccc(-n3cncn3)c([N+](=O)[O-])c2)cc1. The van der Waals surface area contributed by atoms with Gasteiger partial charge >= 0.3 is 0 Å². The number of benzene rings is 2. The molecular formula is C24H22N6O3. The molecule has 0 spiro atoms. The Morgan fingerprint density at radius 1 is 1.03 bits per heavy atom. The predicted molar refractivity (Wildman–Crippen MR) is 122 cm³/mol. The molecule has 0 aliphatic carbocycles. The molecular weight excluding hydrogens is 420 g/mol. The van der Waals surface area contributed by atoms with Gasteiger partial charge < -0.3 is 4.90 Å². The number of carbonyl (C=O) groups is 1. The van der Waals surface area contributed by atoms with Crippen molar-refractivity contribution in [3.8, 4) is 5.69 Å². The third kappa shape index (κ3) is 5.09. The molecule has 0 atom stereocenters. The van der Waals surface area contributed by atoms with Crippen molar-refractivity contribution in [1.82, 2.24) is 24.6 Å². The summed E-state index contributed by atoms with van der Waals surface area (Å²) in [7, 11) is 0. The molecule has 33 heavy (non-hydrogen) atoms. The van der Waals surface area contributed by atoms with Crippen molar-refractivity contribution in [3.63, 3.8) is 0 Å². The molecule has 0 aliphatic heterocycles. The topological polar surface area (TPSA) is 107 Å². The zero-order valence-electron chi connectivity index (χ0n) is 18.0. The van der Waals surface area contributed by atoms with Crippen molar-refractivity contribution >= 4 is 11.6 Å². The second kappa shape index (κ2) is 9.82. The van der Waals surface area contributed by atoms with Crippen LogP contribution in [0.5, 0.6) is 0 Å². The number of carbonyl (C=O) groups excluding carboxylic acids is 1. The lowest BCUT2D eigenvalue weighted by Crippen LogP contribution is -2.30. The van der Waals surface area contributed by atoms with Gasteiger partial charge in [0, 0.05) is 37.1 Å². The lowest BCUT2D eigenvalue weighted by Gasteiger charge is -2.23. The van der Waals surface area contributed by atoms with Crippen LogP contribution < -0.4 is 0 Å². The fourth-order valence-corrected chi connectivity index (χ4v) is 3.52. The van der Waals surface area contributed by atoms with E-state index in [2.05, 4.69) is 22.0 Å². The molecule has 0 bridgehead atoms. The first-order valence-corrected chi connectivity index (χ1v) is 10.4. The number of aromatic nitrogens is 4. The highest BCUT2D eigenvalue weighted by Crippen LogP contribution is 2.25. The van der Waals surface area contributed by atoms with Gasteiger partial charge in [0.25, 0.3) is 11.6 Å². The Labute approximate surface area is 190 Å². The first kappa shape index (κ1) is 21.8. The lowest BCUT2D eigenvalue weighted by atomic mass is 10.1. The van der Waals surface area contributed by atoms with Crippen LogP contribution in [-0.2, 0) is 19.5 Å². The molecule has 0 N–H and O–H groups in total. The summed E-state index contributed by atoms with van der Waals surface area (Å²) in [6.45, 7) is 2.76. The minimum absolute atomic E-state index is 0.222. The van der Waals surface area contributed by atoms with Crippen molar-refractivity contribution in [2.45, 2.75) is 26.4 Å². The van der Waals surface area contributed by atoms with Crippen LogP contribution >= 0.6 is 0 Å². The van der Waals surface area contributed by atoms with Crippen LogP contribution in [0, 0.1) is 10.1 Å². The maximum absolute atomic E-state index is 13.5. The largest absolute Gasteiger partial charge is 0.330 e. The van der Waals surface area contributed by atoms with Gasteiger partial charge in [0.1, 0.15) is 18.3 Å². The molecule has 0 radical (unpaired) electrons. The predicted octanol–water partition coefficient (Wildman–Crippen LogP) is 3.98. The number of nitro benzene ring substituents is 1. The Balaban J connectivity index is 1.67. The first-order valence-electron chi connectivity index (χ1n) is 10.4. The highest BCUT2D eigenvalue weighted by atomic mass is 16.6. The second-order valence-corrected chi connectivity index (χ2v) is 7.49. The van der Waals surface area contributed by atoms with E-state index in [9.17, 15) is 14.9 Å². The summed E-state index contributed by atoms with van der Waals surface area (Å²) in [5.41, 5.74) is 3.29. The maximum atomic E-state index is 13.5. The van der Waals surface area contributed by atoms with E-state index in [4.69, 9.17) is 0 Å². The van der Waals surface area contributed by atoms with Crippen LogP contribution in [-0.4, -0.2) is 35.5 Å². The number of nitro groups is 1. The van der Waals surface area contributed by atoms with Crippen LogP contribution in [0.25, 0.3) is 5.69 Å². The molecule has 0 fully saturated rings. The van der Waals surface area contributed by atoms with E-state index in [1.54, 1.807) is 23.4 Å². The summed E-state index contributed by atoms with van der Waals surface area (Å²) in [5, 5.41) is 15.7. The van der Waals surface area contributed by atoms with Gasteiger partial charge in [0.05, 0.1) is 4.92 Å². The molecule has 166 valence electrons. The molecule has 2 aromatic carbocycles. The van der Waals surface area contributed by atoms with E-state index in [0.29, 0.717) is 13.1 Å². The number of nitrogens with zero attached hydrogens (tertiary/aromatic N) is 6. The van der Waals surface area contributed by atoms with Gasteiger partial charge in [-0.3, -0.25) is 19.9 Å². The molecule has 2 aromatic heterocycles. The molecule has 4 aromatic rings. The van der Waals surface area contributed by atoms with Crippen LogP contribution in [0.15, 0.2) is 79.6 Å². The van der Waals surface area contributed by atoms with Crippen molar-refractivity contribution in [1.29, 1.82) is 0 Å². The van der Waals surface area contributed by atoms with Gasteiger partial charge in [0.2, 0.25) is 0 Å². The van der Waals surface area contributed by atoms with E-state index in [1.165, 1.54) is 35.0 Å². The number of hydrogen-bond donors (Lipinski definition) is 0. The van der Waals surface area contributed by atoms with Gasteiger partial charge in [-0.1, -0.05) is 37.3 Å². The molecule has 4 rings (SSSR count). The lowest BCUT2D eigenvalue weighted by molar-refractivity contribution is -0.384. The Kier molecular flexibility index (Phi) is 6.49. The van der Waals surface area contributed by atoms with Crippen molar-refractivity contribution in [2.24, 2.45) is 0 Å². The quantitative estimate of drug-likeness (QED) is 0.302. The van der Waals surface area contributed by atoms with Gasteiger partial charge in [0.15, 0.2) is 0 Å². The number of hydrogen-bond acceptors (Lipinski definition) is 6. The Bertz CT molecular complexity index is 1240. The van der Waals surface area contributed by atoms with Crippen molar-refractivity contribution < 1.29 is 9.72 Å². The number of rotatable bonds is 8. The summed E-state index contributed by atoms with van der Waals surface area (Å²) in [4.78, 5) is 34.3. The maximum Gasteiger partial charge on any atom is 0.295 e. The average molecular weight is 442 g/mol. The van der Waals surface area contributed by atoms with Gasteiger partial charge in [-0.05, 0) is 41.3 Å². The minimum Gasteiger partial charge on any atom is -0.330 e. The summed E-state index contributed by atoms with van der Waals surface area (Å²) in [5.74, 6) is -0.313. The van der Waals surface area contributed by atoms with Crippen LogP contribution in [0.3, 0.4) is 0 Å². The summed E-state index contributed by atoms with van der Waals surface area (Å²) < 4.78 is 1.30. The molecule has 0 saturated heterocycles. The molecule has 9 nitrogen and oxygen atoms in total. The highest BCUT2D eigenvalue weighted by Gasteiger charge is 2.23. The smallest absolute Gasteiger partial charge is 0.295 e. The summed E-state index contributed by atoms with van der Waals surface area (Å²) >= 11 is 0. The minimum atomic E-state index is -0.525. The fourth-order valence-electron chi connectivity index (χ4n) is 3.52. The van der Waals surface area contributed by atoms with Gasteiger partial charge in [-0.15, -0.1) is 0 Å². The Morgan fingerprint density at radius 3 is 2.42 bits per heavy atom. The highest BCUT2D eigenvalue weighted by molar-refractivity contribution is 5.95. The molecule has 0 aliphatic rings. The number of amides is 1. The van der Waals surface area contributed by atoms with E-state index in [0.717, 1.165) is 17.5 Å². The molecule has 2 heterocycles. The Hall–Kier alpha value is -4.40. The molecule has 0 saturated carbocycles. The molecule has 1 amide bonds. The van der Waals surface area contributed by atoms with Gasteiger partial charge in [-0.2, -0.15) is 5.10 Å². The molecule has 0 unspecified atom stereocenters. The van der Waals surface area contributed by atoms with Crippen LogP contribution in [0.2, 0.25) is 0 Å².